The van der Waals surface area contributed by atoms with E-state index in [0.717, 1.165) is 30.3 Å². The number of aromatic amines is 1. The fourth-order valence-electron chi connectivity index (χ4n) is 2.53. The predicted octanol–water partition coefficient (Wildman–Crippen LogP) is 1.78. The monoisotopic (exact) mass is 235 g/mol. The highest BCUT2D eigenvalue weighted by Gasteiger charge is 2.21. The third kappa shape index (κ3) is 3.16. The van der Waals surface area contributed by atoms with Gasteiger partial charge in [-0.25, -0.2) is 4.98 Å². The number of aromatic nitrogens is 2. The minimum absolute atomic E-state index is 0.0288. The number of nitrogens with one attached hydrogen (secondary N) is 2. The fraction of sp³-hybridized carbons (Fsp3) is 0.692. The molecule has 0 amide bonds. The largest absolute Gasteiger partial charge is 0.314 e. The summed E-state index contributed by atoms with van der Waals surface area (Å²) in [5.41, 5.74) is 0.809. The molecule has 4 heteroatoms. The summed E-state index contributed by atoms with van der Waals surface area (Å²) < 4.78 is 0. The van der Waals surface area contributed by atoms with Crippen LogP contribution in [0.5, 0.6) is 0 Å². The quantitative estimate of drug-likeness (QED) is 0.839. The molecule has 0 atom stereocenters. The second-order valence-electron chi connectivity index (χ2n) is 5.11. The van der Waals surface area contributed by atoms with E-state index in [1.807, 2.05) is 7.05 Å². The second kappa shape index (κ2) is 5.45. The molecule has 2 rings (SSSR count). The van der Waals surface area contributed by atoms with Gasteiger partial charge in [0.25, 0.3) is 5.56 Å². The molecule has 1 aromatic rings. The molecule has 2 N–H and O–H groups in total. The molecule has 1 heterocycles. The number of nitrogens with zero attached hydrogens (tertiary/aromatic N) is 1. The molecule has 1 aromatic heterocycles. The van der Waals surface area contributed by atoms with Crippen molar-refractivity contribution in [2.75, 3.05) is 7.05 Å². The first kappa shape index (κ1) is 12.3. The Kier molecular flexibility index (Phi) is 3.94. The van der Waals surface area contributed by atoms with Crippen LogP contribution in [0.1, 0.15) is 50.0 Å². The Morgan fingerprint density at radius 3 is 2.76 bits per heavy atom. The van der Waals surface area contributed by atoms with Gasteiger partial charge in [0.2, 0.25) is 0 Å². The van der Waals surface area contributed by atoms with Gasteiger partial charge in [0.15, 0.2) is 0 Å². The van der Waals surface area contributed by atoms with Crippen LogP contribution in [0, 0.1) is 5.92 Å². The normalized spacial score (nSPS) is 24.8. The molecule has 1 saturated carbocycles. The van der Waals surface area contributed by atoms with Crippen LogP contribution in [0.3, 0.4) is 0 Å². The predicted molar refractivity (Wildman–Crippen MR) is 68.0 cm³/mol. The van der Waals surface area contributed by atoms with Crippen molar-refractivity contribution in [3.8, 4) is 0 Å². The summed E-state index contributed by atoms with van der Waals surface area (Å²) in [6.45, 7) is 2.95. The highest BCUT2D eigenvalue weighted by molar-refractivity contribution is 5.06. The smallest absolute Gasteiger partial charge is 0.251 e. The number of rotatable bonds is 3. The Morgan fingerprint density at radius 2 is 2.12 bits per heavy atom. The first-order valence-corrected chi connectivity index (χ1v) is 6.43. The summed E-state index contributed by atoms with van der Waals surface area (Å²) >= 11 is 0. The zero-order chi connectivity index (χ0) is 12.3. The molecule has 0 spiro atoms. The van der Waals surface area contributed by atoms with E-state index >= 15 is 0 Å². The van der Waals surface area contributed by atoms with E-state index in [-0.39, 0.29) is 5.56 Å². The van der Waals surface area contributed by atoms with Crippen molar-refractivity contribution in [2.24, 2.45) is 5.92 Å². The van der Waals surface area contributed by atoms with Gasteiger partial charge in [0, 0.05) is 18.5 Å². The molecular weight excluding hydrogens is 214 g/mol. The van der Waals surface area contributed by atoms with Gasteiger partial charge in [0.1, 0.15) is 5.82 Å². The van der Waals surface area contributed by atoms with E-state index < -0.39 is 0 Å². The molecule has 0 aliphatic heterocycles. The molecule has 0 unspecified atom stereocenters. The van der Waals surface area contributed by atoms with Crippen LogP contribution in [0.15, 0.2) is 10.9 Å². The standard InChI is InChI=1S/C13H21N3O/c1-9-3-5-10(6-4-9)13-15-11(8-14-2)7-12(17)16-13/h7,9-10,14H,3-6,8H2,1-2H3,(H,15,16,17). The zero-order valence-corrected chi connectivity index (χ0v) is 10.6. The van der Waals surface area contributed by atoms with E-state index in [4.69, 9.17) is 0 Å². The Balaban J connectivity index is 2.17. The molecule has 0 radical (unpaired) electrons. The average Bonchev–Trinajstić information content (AvgIpc) is 2.29. The van der Waals surface area contributed by atoms with E-state index in [1.54, 1.807) is 6.07 Å². The molecule has 4 nitrogen and oxygen atoms in total. The van der Waals surface area contributed by atoms with E-state index in [1.165, 1.54) is 12.8 Å². The third-order valence-electron chi connectivity index (χ3n) is 3.57. The molecule has 1 aliphatic carbocycles. The van der Waals surface area contributed by atoms with Gasteiger partial charge in [-0.15, -0.1) is 0 Å². The molecular formula is C13H21N3O. The summed E-state index contributed by atoms with van der Waals surface area (Å²) in [6, 6.07) is 1.57. The molecule has 1 fully saturated rings. The van der Waals surface area contributed by atoms with Crippen LogP contribution < -0.4 is 10.9 Å². The van der Waals surface area contributed by atoms with Gasteiger partial charge in [-0.3, -0.25) is 4.79 Å². The summed E-state index contributed by atoms with van der Waals surface area (Å²) in [6.07, 6.45) is 4.77. The highest BCUT2D eigenvalue weighted by atomic mass is 16.1. The van der Waals surface area contributed by atoms with Gasteiger partial charge in [-0.1, -0.05) is 19.8 Å². The minimum atomic E-state index is -0.0288. The summed E-state index contributed by atoms with van der Waals surface area (Å²) in [5.74, 6) is 2.14. The van der Waals surface area contributed by atoms with Crippen molar-refractivity contribution in [3.05, 3.63) is 27.9 Å². The SMILES string of the molecule is CNCc1cc(=O)[nH]c(C2CCC(C)CC2)n1. The van der Waals surface area contributed by atoms with Gasteiger partial charge < -0.3 is 10.3 Å². The average molecular weight is 235 g/mol. The van der Waals surface area contributed by atoms with Crippen molar-refractivity contribution in [1.29, 1.82) is 0 Å². The summed E-state index contributed by atoms with van der Waals surface area (Å²) in [5, 5.41) is 3.03. The minimum Gasteiger partial charge on any atom is -0.314 e. The Labute approximate surface area is 102 Å². The van der Waals surface area contributed by atoms with Crippen molar-refractivity contribution in [3.63, 3.8) is 0 Å². The fourth-order valence-corrected chi connectivity index (χ4v) is 2.53. The number of hydrogen-bond acceptors (Lipinski definition) is 3. The Bertz CT molecular complexity index is 419. The maximum Gasteiger partial charge on any atom is 0.251 e. The third-order valence-corrected chi connectivity index (χ3v) is 3.57. The maximum absolute atomic E-state index is 11.6. The number of hydrogen-bond donors (Lipinski definition) is 2. The molecule has 0 bridgehead atoms. The van der Waals surface area contributed by atoms with Crippen molar-refractivity contribution >= 4 is 0 Å². The second-order valence-corrected chi connectivity index (χ2v) is 5.11. The van der Waals surface area contributed by atoms with E-state index in [9.17, 15) is 4.79 Å². The Hall–Kier alpha value is -1.16. The van der Waals surface area contributed by atoms with Crippen LogP contribution in [0.25, 0.3) is 0 Å². The van der Waals surface area contributed by atoms with Gasteiger partial charge in [0.05, 0.1) is 5.69 Å². The summed E-state index contributed by atoms with van der Waals surface area (Å²) in [4.78, 5) is 19.0. The molecule has 0 aromatic carbocycles. The first-order chi connectivity index (χ1) is 8.19. The van der Waals surface area contributed by atoms with E-state index in [2.05, 4.69) is 22.2 Å². The van der Waals surface area contributed by atoms with E-state index in [0.29, 0.717) is 12.5 Å². The summed E-state index contributed by atoms with van der Waals surface area (Å²) in [7, 11) is 1.87. The van der Waals surface area contributed by atoms with Crippen LogP contribution in [0.4, 0.5) is 0 Å². The lowest BCUT2D eigenvalue weighted by atomic mass is 9.82. The first-order valence-electron chi connectivity index (χ1n) is 6.43. The Morgan fingerprint density at radius 1 is 1.41 bits per heavy atom. The van der Waals surface area contributed by atoms with Gasteiger partial charge in [-0.2, -0.15) is 0 Å². The molecule has 94 valence electrons. The van der Waals surface area contributed by atoms with Crippen LogP contribution >= 0.6 is 0 Å². The van der Waals surface area contributed by atoms with Gasteiger partial charge in [-0.05, 0) is 25.8 Å². The highest BCUT2D eigenvalue weighted by Crippen LogP contribution is 2.33. The lowest BCUT2D eigenvalue weighted by molar-refractivity contribution is 0.339. The van der Waals surface area contributed by atoms with Crippen molar-refractivity contribution in [2.45, 2.75) is 45.1 Å². The maximum atomic E-state index is 11.6. The lowest BCUT2D eigenvalue weighted by Gasteiger charge is -2.25. The van der Waals surface area contributed by atoms with Crippen LogP contribution in [0.2, 0.25) is 0 Å². The molecule has 17 heavy (non-hydrogen) atoms. The topological polar surface area (TPSA) is 57.8 Å². The molecule has 0 saturated heterocycles. The zero-order valence-electron chi connectivity index (χ0n) is 10.6. The van der Waals surface area contributed by atoms with Crippen molar-refractivity contribution < 1.29 is 0 Å². The van der Waals surface area contributed by atoms with Crippen LogP contribution in [-0.4, -0.2) is 17.0 Å². The van der Waals surface area contributed by atoms with Crippen LogP contribution in [-0.2, 0) is 6.54 Å². The lowest BCUT2D eigenvalue weighted by Crippen LogP contribution is -2.20. The number of H-pyrrole nitrogens is 1. The van der Waals surface area contributed by atoms with Crippen molar-refractivity contribution in [1.82, 2.24) is 15.3 Å². The van der Waals surface area contributed by atoms with Gasteiger partial charge >= 0.3 is 0 Å². The molecule has 1 aliphatic rings.